The van der Waals surface area contributed by atoms with E-state index in [4.69, 9.17) is 14.2 Å². The second-order valence-electron chi connectivity index (χ2n) is 2.79. The van der Waals surface area contributed by atoms with Crippen LogP contribution in [0.1, 0.15) is 5.56 Å². The van der Waals surface area contributed by atoms with Crippen molar-refractivity contribution in [1.82, 2.24) is 0 Å². The van der Waals surface area contributed by atoms with Crippen molar-refractivity contribution in [3.05, 3.63) is 27.8 Å². The first-order chi connectivity index (χ1) is 7.22. The molecule has 0 radical (unpaired) electrons. The lowest BCUT2D eigenvalue weighted by atomic mass is 10.2. The lowest BCUT2D eigenvalue weighted by molar-refractivity contribution is 0.0485. The molecule has 0 aromatic heterocycles. The van der Waals surface area contributed by atoms with E-state index in [9.17, 15) is 0 Å². The van der Waals surface area contributed by atoms with Crippen LogP contribution in [0.25, 0.3) is 6.08 Å². The van der Waals surface area contributed by atoms with Gasteiger partial charge in [-0.05, 0) is 40.3 Å². The van der Waals surface area contributed by atoms with E-state index in [1.54, 1.807) is 20.3 Å². The smallest absolute Gasteiger partial charge is 0.188 e. The van der Waals surface area contributed by atoms with Crippen LogP contribution in [0.4, 0.5) is 0 Å². The van der Waals surface area contributed by atoms with Crippen molar-refractivity contribution in [2.45, 2.75) is 0 Å². The minimum atomic E-state index is 0.208. The second kappa shape index (κ2) is 5.97. The normalized spacial score (nSPS) is 9.80. The number of halogens is 1. The first-order valence-corrected chi connectivity index (χ1v) is 5.42. The average molecular weight is 320 g/mol. The van der Waals surface area contributed by atoms with Crippen LogP contribution in [-0.4, -0.2) is 21.0 Å². The van der Waals surface area contributed by atoms with Crippen LogP contribution < -0.4 is 9.47 Å². The predicted molar refractivity (Wildman–Crippen MR) is 68.3 cm³/mol. The highest BCUT2D eigenvalue weighted by Crippen LogP contribution is 2.34. The molecule has 1 aromatic rings. The topological polar surface area (TPSA) is 27.7 Å². The van der Waals surface area contributed by atoms with Crippen molar-refractivity contribution in [3.8, 4) is 11.5 Å². The summed E-state index contributed by atoms with van der Waals surface area (Å²) in [5.41, 5.74) is 1.00. The third kappa shape index (κ3) is 3.10. The van der Waals surface area contributed by atoms with Gasteiger partial charge in [-0.1, -0.05) is 12.7 Å². The fraction of sp³-hybridized carbons (Fsp3) is 0.273. The number of ether oxygens (including phenoxy) is 3. The third-order valence-electron chi connectivity index (χ3n) is 1.81. The summed E-state index contributed by atoms with van der Waals surface area (Å²) in [6.07, 6.45) is 1.77. The summed E-state index contributed by atoms with van der Waals surface area (Å²) in [7, 11) is 3.19. The molecule has 0 saturated carbocycles. The van der Waals surface area contributed by atoms with E-state index in [0.717, 1.165) is 9.13 Å². The van der Waals surface area contributed by atoms with Crippen LogP contribution >= 0.6 is 22.6 Å². The highest BCUT2D eigenvalue weighted by molar-refractivity contribution is 14.1. The summed E-state index contributed by atoms with van der Waals surface area (Å²) in [4.78, 5) is 0. The third-order valence-corrected chi connectivity index (χ3v) is 2.61. The van der Waals surface area contributed by atoms with Crippen LogP contribution in [0.2, 0.25) is 0 Å². The van der Waals surface area contributed by atoms with E-state index in [2.05, 4.69) is 29.2 Å². The molecule has 0 aliphatic heterocycles. The van der Waals surface area contributed by atoms with Crippen molar-refractivity contribution >= 4 is 28.7 Å². The Hall–Kier alpha value is -0.750. The van der Waals surface area contributed by atoms with Gasteiger partial charge < -0.3 is 14.2 Å². The molecule has 0 N–H and O–H groups in total. The van der Waals surface area contributed by atoms with Crippen molar-refractivity contribution in [2.24, 2.45) is 0 Å². The fourth-order valence-corrected chi connectivity index (χ4v) is 1.90. The number of hydrogen-bond acceptors (Lipinski definition) is 3. The van der Waals surface area contributed by atoms with E-state index in [-0.39, 0.29) is 6.79 Å². The van der Waals surface area contributed by atoms with Crippen LogP contribution in [-0.2, 0) is 4.74 Å². The Morgan fingerprint density at radius 3 is 2.67 bits per heavy atom. The maximum Gasteiger partial charge on any atom is 0.188 e. The van der Waals surface area contributed by atoms with Gasteiger partial charge in [-0.25, -0.2) is 0 Å². The Labute approximate surface area is 103 Å². The lowest BCUT2D eigenvalue weighted by Gasteiger charge is -2.12. The summed E-state index contributed by atoms with van der Waals surface area (Å²) in [6, 6.07) is 3.85. The Morgan fingerprint density at radius 1 is 1.40 bits per heavy atom. The molecule has 0 saturated heterocycles. The van der Waals surface area contributed by atoms with Gasteiger partial charge in [-0.3, -0.25) is 0 Å². The lowest BCUT2D eigenvalue weighted by Crippen LogP contribution is -2.02. The van der Waals surface area contributed by atoms with Crippen LogP contribution in [0.5, 0.6) is 11.5 Å². The van der Waals surface area contributed by atoms with E-state index >= 15 is 0 Å². The molecule has 4 heteroatoms. The zero-order chi connectivity index (χ0) is 11.3. The fourth-order valence-electron chi connectivity index (χ4n) is 1.12. The van der Waals surface area contributed by atoms with Crippen molar-refractivity contribution in [3.63, 3.8) is 0 Å². The molecule has 0 unspecified atom stereocenters. The van der Waals surface area contributed by atoms with Crippen molar-refractivity contribution in [2.75, 3.05) is 21.0 Å². The predicted octanol–water partition coefficient (Wildman–Crippen LogP) is 2.93. The van der Waals surface area contributed by atoms with Gasteiger partial charge in [-0.15, -0.1) is 0 Å². The molecule has 0 bridgehead atoms. The molecule has 15 heavy (non-hydrogen) atoms. The molecule has 0 amide bonds. The van der Waals surface area contributed by atoms with Gasteiger partial charge in [0.05, 0.1) is 10.7 Å². The van der Waals surface area contributed by atoms with E-state index in [0.29, 0.717) is 11.5 Å². The van der Waals surface area contributed by atoms with Gasteiger partial charge in [0.15, 0.2) is 18.3 Å². The monoisotopic (exact) mass is 320 g/mol. The molecule has 0 atom stereocenters. The Balaban J connectivity index is 3.06. The molecule has 3 nitrogen and oxygen atoms in total. The summed E-state index contributed by atoms with van der Waals surface area (Å²) in [5.74, 6) is 1.39. The SMILES string of the molecule is C=Cc1cc(I)c(OCOC)c(OC)c1. The van der Waals surface area contributed by atoms with Gasteiger partial charge >= 0.3 is 0 Å². The number of methoxy groups -OCH3 is 2. The Kier molecular flexibility index (Phi) is 4.90. The molecule has 0 fully saturated rings. The van der Waals surface area contributed by atoms with Crippen LogP contribution in [0.15, 0.2) is 18.7 Å². The van der Waals surface area contributed by atoms with Gasteiger partial charge in [0.25, 0.3) is 0 Å². The van der Waals surface area contributed by atoms with Crippen molar-refractivity contribution < 1.29 is 14.2 Å². The molecule has 1 aromatic carbocycles. The summed E-state index contributed by atoms with van der Waals surface area (Å²) < 4.78 is 16.5. The Morgan fingerprint density at radius 2 is 2.13 bits per heavy atom. The molecule has 0 aliphatic rings. The van der Waals surface area contributed by atoms with E-state index < -0.39 is 0 Å². The highest BCUT2D eigenvalue weighted by Gasteiger charge is 2.10. The van der Waals surface area contributed by atoms with E-state index in [1.807, 2.05) is 12.1 Å². The maximum absolute atomic E-state index is 5.42. The molecule has 0 heterocycles. The molecule has 82 valence electrons. The Bertz CT molecular complexity index is 350. The number of rotatable bonds is 5. The maximum atomic E-state index is 5.42. The zero-order valence-corrected chi connectivity index (χ0v) is 10.9. The second-order valence-corrected chi connectivity index (χ2v) is 3.95. The molecular formula is C11H13IO3. The molecule has 0 spiro atoms. The largest absolute Gasteiger partial charge is 0.493 e. The minimum Gasteiger partial charge on any atom is -0.493 e. The number of hydrogen-bond donors (Lipinski definition) is 0. The molecular weight excluding hydrogens is 307 g/mol. The highest BCUT2D eigenvalue weighted by atomic mass is 127. The first kappa shape index (κ1) is 12.3. The molecule has 1 rings (SSSR count). The van der Waals surface area contributed by atoms with Gasteiger partial charge in [0.2, 0.25) is 0 Å². The van der Waals surface area contributed by atoms with Crippen LogP contribution in [0.3, 0.4) is 0 Å². The summed E-state index contributed by atoms with van der Waals surface area (Å²) >= 11 is 2.19. The molecule has 0 aliphatic carbocycles. The minimum absolute atomic E-state index is 0.208. The van der Waals surface area contributed by atoms with Gasteiger partial charge in [-0.2, -0.15) is 0 Å². The first-order valence-electron chi connectivity index (χ1n) is 4.34. The zero-order valence-electron chi connectivity index (χ0n) is 8.75. The summed E-state index contributed by atoms with van der Waals surface area (Å²) in [5, 5.41) is 0. The summed E-state index contributed by atoms with van der Waals surface area (Å²) in [6.45, 7) is 3.92. The van der Waals surface area contributed by atoms with Gasteiger partial charge in [0, 0.05) is 7.11 Å². The van der Waals surface area contributed by atoms with Crippen molar-refractivity contribution in [1.29, 1.82) is 0 Å². The van der Waals surface area contributed by atoms with E-state index in [1.165, 1.54) is 0 Å². The quantitative estimate of drug-likeness (QED) is 0.617. The number of benzene rings is 1. The van der Waals surface area contributed by atoms with Gasteiger partial charge in [0.1, 0.15) is 0 Å². The van der Waals surface area contributed by atoms with Crippen LogP contribution in [0, 0.1) is 3.57 Å². The standard InChI is InChI=1S/C11H13IO3/c1-4-8-5-9(12)11(15-7-13-2)10(6-8)14-3/h4-6H,1,7H2,2-3H3. The average Bonchev–Trinajstić information content (AvgIpc) is 2.26.